The van der Waals surface area contributed by atoms with E-state index in [1.807, 2.05) is 54.6 Å². The monoisotopic (exact) mass is 486 g/mol. The zero-order valence-corrected chi connectivity index (χ0v) is 19.4. The van der Waals surface area contributed by atoms with Crippen LogP contribution in [0.5, 0.6) is 11.5 Å². The quantitative estimate of drug-likeness (QED) is 0.350. The Balaban J connectivity index is 1.32. The molecule has 2 aliphatic rings. The van der Waals surface area contributed by atoms with Crippen molar-refractivity contribution < 1.29 is 19.4 Å². The molecule has 35 heavy (non-hydrogen) atoms. The van der Waals surface area contributed by atoms with Crippen molar-refractivity contribution in [2.45, 2.75) is 31.4 Å². The SMILES string of the molecule is O=C(N[C@@H]1CCC[C@@H]1O)c1sc2nccc3c2c1NC(=O)N3c1ccc(Oc2ccccc2)cc1. The number of carbonyl (C=O) groups excluding carboxylic acids is 2. The van der Waals surface area contributed by atoms with Gasteiger partial charge < -0.3 is 20.5 Å². The van der Waals surface area contributed by atoms with Crippen LogP contribution in [0.1, 0.15) is 28.9 Å². The van der Waals surface area contributed by atoms with E-state index in [9.17, 15) is 14.7 Å². The summed E-state index contributed by atoms with van der Waals surface area (Å²) in [5.41, 5.74) is 1.78. The maximum atomic E-state index is 13.2. The van der Waals surface area contributed by atoms with Crippen molar-refractivity contribution in [2.75, 3.05) is 10.2 Å². The van der Waals surface area contributed by atoms with Gasteiger partial charge in [0.05, 0.1) is 34.6 Å². The van der Waals surface area contributed by atoms with Gasteiger partial charge in [0, 0.05) is 6.20 Å². The van der Waals surface area contributed by atoms with Crippen LogP contribution >= 0.6 is 11.3 Å². The molecule has 0 saturated heterocycles. The molecule has 2 atom stereocenters. The summed E-state index contributed by atoms with van der Waals surface area (Å²) in [7, 11) is 0. The number of nitrogens with zero attached hydrogens (tertiary/aromatic N) is 2. The van der Waals surface area contributed by atoms with Crippen molar-refractivity contribution in [3.8, 4) is 11.5 Å². The molecule has 0 unspecified atom stereocenters. The largest absolute Gasteiger partial charge is 0.457 e. The number of aliphatic hydroxyl groups excluding tert-OH is 1. The Kier molecular flexibility index (Phi) is 5.35. The molecule has 4 aromatic rings. The number of para-hydroxylation sites is 1. The van der Waals surface area contributed by atoms with Gasteiger partial charge in [-0.3, -0.25) is 9.69 Å². The molecule has 3 heterocycles. The molecule has 1 aliphatic carbocycles. The molecule has 3 amide bonds. The van der Waals surface area contributed by atoms with Crippen LogP contribution in [0.15, 0.2) is 66.9 Å². The van der Waals surface area contributed by atoms with E-state index in [4.69, 9.17) is 4.74 Å². The normalized spacial score (nSPS) is 19.0. The van der Waals surface area contributed by atoms with Gasteiger partial charge in [0.15, 0.2) is 0 Å². The Morgan fingerprint density at radius 3 is 2.60 bits per heavy atom. The number of hydrogen-bond donors (Lipinski definition) is 3. The lowest BCUT2D eigenvalue weighted by molar-refractivity contribution is 0.0878. The van der Waals surface area contributed by atoms with E-state index in [-0.39, 0.29) is 18.0 Å². The van der Waals surface area contributed by atoms with E-state index < -0.39 is 6.10 Å². The first kappa shape index (κ1) is 21.6. The number of anilines is 3. The van der Waals surface area contributed by atoms with Crippen LogP contribution in [0.3, 0.4) is 0 Å². The molecular weight excluding hydrogens is 464 g/mol. The van der Waals surface area contributed by atoms with E-state index in [1.165, 1.54) is 11.3 Å². The van der Waals surface area contributed by atoms with Gasteiger partial charge >= 0.3 is 6.03 Å². The average molecular weight is 487 g/mol. The number of nitrogens with one attached hydrogen (secondary N) is 2. The molecule has 1 fully saturated rings. The third kappa shape index (κ3) is 3.88. The third-order valence-corrected chi connectivity index (χ3v) is 7.42. The van der Waals surface area contributed by atoms with Gasteiger partial charge in [-0.25, -0.2) is 9.78 Å². The summed E-state index contributed by atoms with van der Waals surface area (Å²) in [6.07, 6.45) is 3.38. The molecule has 176 valence electrons. The number of rotatable bonds is 5. The molecule has 3 N–H and O–H groups in total. The predicted molar refractivity (Wildman–Crippen MR) is 135 cm³/mol. The lowest BCUT2D eigenvalue weighted by Gasteiger charge is -2.28. The zero-order chi connectivity index (χ0) is 23.9. The lowest BCUT2D eigenvalue weighted by atomic mass is 10.1. The van der Waals surface area contributed by atoms with Crippen molar-refractivity contribution in [1.82, 2.24) is 10.3 Å². The number of urea groups is 1. The zero-order valence-electron chi connectivity index (χ0n) is 18.6. The summed E-state index contributed by atoms with van der Waals surface area (Å²) in [5.74, 6) is 1.07. The third-order valence-electron chi connectivity index (χ3n) is 6.32. The number of aromatic nitrogens is 1. The maximum absolute atomic E-state index is 13.2. The molecule has 8 nitrogen and oxygen atoms in total. The van der Waals surface area contributed by atoms with Crippen molar-refractivity contribution >= 4 is 50.6 Å². The second kappa shape index (κ2) is 8.68. The van der Waals surface area contributed by atoms with E-state index in [2.05, 4.69) is 15.6 Å². The fraction of sp³-hybridized carbons (Fsp3) is 0.192. The van der Waals surface area contributed by atoms with E-state index in [0.29, 0.717) is 38.9 Å². The molecule has 6 rings (SSSR count). The Labute approximate surface area is 205 Å². The van der Waals surface area contributed by atoms with Crippen molar-refractivity contribution in [3.05, 3.63) is 71.7 Å². The van der Waals surface area contributed by atoms with Crippen LogP contribution < -0.4 is 20.3 Å². The van der Waals surface area contributed by atoms with Crippen molar-refractivity contribution in [3.63, 3.8) is 0 Å². The second-order valence-corrected chi connectivity index (χ2v) is 9.57. The number of benzene rings is 2. The smallest absolute Gasteiger partial charge is 0.331 e. The highest BCUT2D eigenvalue weighted by molar-refractivity contribution is 7.21. The van der Waals surface area contributed by atoms with E-state index >= 15 is 0 Å². The number of hydrogen-bond acceptors (Lipinski definition) is 6. The number of thiophene rings is 1. The minimum atomic E-state index is -0.544. The van der Waals surface area contributed by atoms with Crippen molar-refractivity contribution in [1.29, 1.82) is 0 Å². The molecule has 0 bridgehead atoms. The highest BCUT2D eigenvalue weighted by atomic mass is 32.1. The van der Waals surface area contributed by atoms with Crippen molar-refractivity contribution in [2.24, 2.45) is 0 Å². The molecule has 9 heteroatoms. The lowest BCUT2D eigenvalue weighted by Crippen LogP contribution is -2.40. The Hall–Kier alpha value is -3.95. The first-order valence-electron chi connectivity index (χ1n) is 11.4. The molecular formula is C26H22N4O4S. The van der Waals surface area contributed by atoms with E-state index in [0.717, 1.165) is 24.0 Å². The first-order chi connectivity index (χ1) is 17.1. The van der Waals surface area contributed by atoms with Gasteiger partial charge in [-0.1, -0.05) is 18.2 Å². The van der Waals surface area contributed by atoms with Crippen LogP contribution in [0.25, 0.3) is 10.2 Å². The van der Waals surface area contributed by atoms with Gasteiger partial charge in [-0.05, 0) is 61.7 Å². The summed E-state index contributed by atoms with van der Waals surface area (Å²) in [5, 5.41) is 16.6. The molecule has 2 aromatic carbocycles. The highest BCUT2D eigenvalue weighted by Crippen LogP contribution is 2.46. The molecule has 1 aliphatic heterocycles. The number of amides is 3. The summed E-state index contributed by atoms with van der Waals surface area (Å²) < 4.78 is 5.86. The fourth-order valence-electron chi connectivity index (χ4n) is 4.63. The summed E-state index contributed by atoms with van der Waals surface area (Å²) >= 11 is 1.23. The van der Waals surface area contributed by atoms with Crippen LogP contribution in [-0.2, 0) is 0 Å². The molecule has 1 saturated carbocycles. The first-order valence-corrected chi connectivity index (χ1v) is 12.2. The summed E-state index contributed by atoms with van der Waals surface area (Å²) in [6, 6.07) is 17.9. The summed E-state index contributed by atoms with van der Waals surface area (Å²) in [4.78, 5) is 33.3. The fourth-order valence-corrected chi connectivity index (χ4v) is 5.65. The minimum absolute atomic E-state index is 0.278. The minimum Gasteiger partial charge on any atom is -0.457 e. The predicted octanol–water partition coefficient (Wildman–Crippen LogP) is 5.42. The van der Waals surface area contributed by atoms with Gasteiger partial charge in [0.2, 0.25) is 0 Å². The van der Waals surface area contributed by atoms with Gasteiger partial charge in [0.25, 0.3) is 5.91 Å². The molecule has 0 radical (unpaired) electrons. The second-order valence-electron chi connectivity index (χ2n) is 8.57. The number of ether oxygens (including phenoxy) is 1. The van der Waals surface area contributed by atoms with Crippen LogP contribution in [0.4, 0.5) is 21.9 Å². The Morgan fingerprint density at radius 2 is 1.86 bits per heavy atom. The molecule has 0 spiro atoms. The van der Waals surface area contributed by atoms with E-state index in [1.54, 1.807) is 17.2 Å². The summed E-state index contributed by atoms with van der Waals surface area (Å²) in [6.45, 7) is 0. The maximum Gasteiger partial charge on any atom is 0.331 e. The Bertz CT molecular complexity index is 1420. The van der Waals surface area contributed by atoms with Crippen LogP contribution in [0, 0.1) is 0 Å². The average Bonchev–Trinajstić information content (AvgIpc) is 3.44. The Morgan fingerprint density at radius 1 is 1.09 bits per heavy atom. The molecule has 2 aromatic heterocycles. The van der Waals surface area contributed by atoms with Crippen LogP contribution in [-0.4, -0.2) is 34.2 Å². The highest BCUT2D eigenvalue weighted by Gasteiger charge is 2.34. The van der Waals surface area contributed by atoms with Gasteiger partial charge in [-0.2, -0.15) is 0 Å². The van der Waals surface area contributed by atoms with Gasteiger partial charge in [0.1, 0.15) is 21.2 Å². The number of aliphatic hydroxyl groups is 1. The topological polar surface area (TPSA) is 104 Å². The number of pyridine rings is 1. The van der Waals surface area contributed by atoms with Gasteiger partial charge in [-0.15, -0.1) is 11.3 Å². The number of carbonyl (C=O) groups is 2. The standard InChI is InChI=1S/C26H22N4O4S/c31-20-8-4-7-18(20)28-24(32)23-22-21-19(13-14-27-25(21)35-23)30(26(33)29-22)15-9-11-17(12-10-15)34-16-5-2-1-3-6-16/h1-3,5-6,9-14,18,20,31H,4,7-8H2,(H,28,32)(H,29,33)/t18-,20+/m1/s1. The van der Waals surface area contributed by atoms with Crippen LogP contribution in [0.2, 0.25) is 0 Å².